The molecule has 2 heteroatoms. The smallest absolute Gasteiger partial charge is 0.0849 e. The summed E-state index contributed by atoms with van der Waals surface area (Å²) in [5.74, 6) is 0.292. The fraction of sp³-hybridized carbons (Fsp3) is 1.00. The van der Waals surface area contributed by atoms with E-state index in [9.17, 15) is 5.11 Å². The molecule has 0 saturated carbocycles. The second kappa shape index (κ2) is 2.27. The summed E-state index contributed by atoms with van der Waals surface area (Å²) in [5, 5.41) is 9.31. The third kappa shape index (κ3) is 1.10. The van der Waals surface area contributed by atoms with Gasteiger partial charge in [0.25, 0.3) is 0 Å². The second-order valence-corrected chi connectivity index (χ2v) is 2.90. The highest BCUT2D eigenvalue weighted by Gasteiger charge is 2.34. The monoisotopic (exact) mass is 130 g/mol. The molecule has 0 radical (unpaired) electrons. The lowest BCUT2D eigenvalue weighted by Crippen LogP contribution is -2.22. The molecular weight excluding hydrogens is 116 g/mol. The molecule has 4 atom stereocenters. The maximum absolute atomic E-state index is 9.31. The maximum Gasteiger partial charge on any atom is 0.0849 e. The summed E-state index contributed by atoms with van der Waals surface area (Å²) in [4.78, 5) is 0. The molecule has 9 heavy (non-hydrogen) atoms. The van der Waals surface area contributed by atoms with Gasteiger partial charge in [-0.05, 0) is 13.8 Å². The standard InChI is InChI=1S/C7H14O2/c1-4-5(2)9-6(3)7(4)8/h4-8H,1-3H3/t4-,5-,6+,7-/m1/s1. The Morgan fingerprint density at radius 3 is 1.78 bits per heavy atom. The zero-order chi connectivity index (χ0) is 7.02. The van der Waals surface area contributed by atoms with Gasteiger partial charge in [0.1, 0.15) is 0 Å². The Labute approximate surface area is 55.8 Å². The quantitative estimate of drug-likeness (QED) is 0.525. The zero-order valence-electron chi connectivity index (χ0n) is 6.16. The van der Waals surface area contributed by atoms with E-state index >= 15 is 0 Å². The highest BCUT2D eigenvalue weighted by Crippen LogP contribution is 2.25. The third-order valence-corrected chi connectivity index (χ3v) is 2.19. The van der Waals surface area contributed by atoms with Crippen molar-refractivity contribution in [3.05, 3.63) is 0 Å². The van der Waals surface area contributed by atoms with Gasteiger partial charge in [0.2, 0.25) is 0 Å². The minimum Gasteiger partial charge on any atom is -0.390 e. The Bertz CT molecular complexity index is 91.1. The predicted octanol–water partition coefficient (Wildman–Crippen LogP) is 0.791. The van der Waals surface area contributed by atoms with Crippen LogP contribution in [0, 0.1) is 5.92 Å². The Morgan fingerprint density at radius 2 is 1.67 bits per heavy atom. The van der Waals surface area contributed by atoms with Crippen molar-refractivity contribution in [2.24, 2.45) is 5.92 Å². The first kappa shape index (κ1) is 7.03. The fourth-order valence-electron chi connectivity index (χ4n) is 1.25. The van der Waals surface area contributed by atoms with Gasteiger partial charge in [-0.1, -0.05) is 6.92 Å². The molecule has 0 aliphatic carbocycles. The first-order valence-electron chi connectivity index (χ1n) is 3.46. The molecule has 1 aliphatic heterocycles. The molecule has 1 rings (SSSR count). The van der Waals surface area contributed by atoms with Crippen molar-refractivity contribution in [1.82, 2.24) is 0 Å². The number of hydrogen-bond donors (Lipinski definition) is 1. The largest absolute Gasteiger partial charge is 0.390 e. The van der Waals surface area contributed by atoms with Crippen molar-refractivity contribution in [3.63, 3.8) is 0 Å². The van der Waals surface area contributed by atoms with E-state index in [1.54, 1.807) is 0 Å². The van der Waals surface area contributed by atoms with Gasteiger partial charge < -0.3 is 9.84 Å². The van der Waals surface area contributed by atoms with E-state index in [1.165, 1.54) is 0 Å². The molecule has 0 aromatic heterocycles. The third-order valence-electron chi connectivity index (χ3n) is 2.19. The lowest BCUT2D eigenvalue weighted by molar-refractivity contribution is 0.0287. The van der Waals surface area contributed by atoms with E-state index < -0.39 is 0 Å². The van der Waals surface area contributed by atoms with Crippen molar-refractivity contribution >= 4 is 0 Å². The van der Waals surface area contributed by atoms with Crippen molar-refractivity contribution in [2.75, 3.05) is 0 Å². The minimum atomic E-state index is -0.264. The van der Waals surface area contributed by atoms with Crippen LogP contribution in [0.4, 0.5) is 0 Å². The summed E-state index contributed by atoms with van der Waals surface area (Å²) >= 11 is 0. The van der Waals surface area contributed by atoms with Crippen molar-refractivity contribution < 1.29 is 9.84 Å². The average Bonchev–Trinajstić information content (AvgIpc) is 1.98. The molecule has 0 aromatic carbocycles. The Kier molecular flexibility index (Phi) is 1.78. The van der Waals surface area contributed by atoms with Gasteiger partial charge in [0.15, 0.2) is 0 Å². The van der Waals surface area contributed by atoms with Crippen LogP contribution < -0.4 is 0 Å². The zero-order valence-corrected chi connectivity index (χ0v) is 6.16. The topological polar surface area (TPSA) is 29.5 Å². The molecule has 1 fully saturated rings. The Balaban J connectivity index is 2.54. The van der Waals surface area contributed by atoms with Gasteiger partial charge in [-0.25, -0.2) is 0 Å². The fourth-order valence-corrected chi connectivity index (χ4v) is 1.25. The van der Waals surface area contributed by atoms with E-state index in [2.05, 4.69) is 0 Å². The molecule has 0 aromatic rings. The number of ether oxygens (including phenoxy) is 1. The average molecular weight is 130 g/mol. The summed E-state index contributed by atoms with van der Waals surface area (Å²) in [6.45, 7) is 5.92. The normalized spacial score (nSPS) is 52.0. The first-order valence-corrected chi connectivity index (χ1v) is 3.46. The number of aliphatic hydroxyl groups is 1. The highest BCUT2D eigenvalue weighted by molar-refractivity contribution is 4.82. The molecule has 2 nitrogen and oxygen atoms in total. The molecule has 1 saturated heterocycles. The Morgan fingerprint density at radius 1 is 1.11 bits per heavy atom. The molecule has 1 aliphatic rings. The number of hydrogen-bond acceptors (Lipinski definition) is 2. The summed E-state index contributed by atoms with van der Waals surface area (Å²) in [5.41, 5.74) is 0. The van der Waals surface area contributed by atoms with E-state index in [4.69, 9.17) is 4.74 Å². The van der Waals surface area contributed by atoms with Crippen LogP contribution in [0.15, 0.2) is 0 Å². The van der Waals surface area contributed by atoms with Crippen LogP contribution in [0.5, 0.6) is 0 Å². The van der Waals surface area contributed by atoms with Crippen LogP contribution in [0.1, 0.15) is 20.8 Å². The van der Waals surface area contributed by atoms with Crippen molar-refractivity contribution in [3.8, 4) is 0 Å². The van der Waals surface area contributed by atoms with Crippen LogP contribution in [-0.4, -0.2) is 23.4 Å². The summed E-state index contributed by atoms with van der Waals surface area (Å²) in [6, 6.07) is 0. The van der Waals surface area contributed by atoms with Gasteiger partial charge in [0.05, 0.1) is 18.3 Å². The van der Waals surface area contributed by atoms with Crippen molar-refractivity contribution in [2.45, 2.75) is 39.1 Å². The Hall–Kier alpha value is -0.0800. The number of aliphatic hydroxyl groups excluding tert-OH is 1. The van der Waals surface area contributed by atoms with Crippen LogP contribution in [0.3, 0.4) is 0 Å². The van der Waals surface area contributed by atoms with E-state index in [1.807, 2.05) is 20.8 Å². The van der Waals surface area contributed by atoms with Crippen LogP contribution >= 0.6 is 0 Å². The van der Waals surface area contributed by atoms with Gasteiger partial charge in [0, 0.05) is 5.92 Å². The summed E-state index contributed by atoms with van der Waals surface area (Å²) in [7, 11) is 0. The summed E-state index contributed by atoms with van der Waals surface area (Å²) in [6.07, 6.45) is -0.0231. The molecule has 0 amide bonds. The van der Waals surface area contributed by atoms with Gasteiger partial charge in [-0.3, -0.25) is 0 Å². The predicted molar refractivity (Wildman–Crippen MR) is 35.2 cm³/mol. The van der Waals surface area contributed by atoms with Gasteiger partial charge >= 0.3 is 0 Å². The van der Waals surface area contributed by atoms with E-state index in [0.29, 0.717) is 5.92 Å². The van der Waals surface area contributed by atoms with E-state index in [-0.39, 0.29) is 18.3 Å². The molecule has 0 spiro atoms. The molecule has 1 heterocycles. The molecule has 0 unspecified atom stereocenters. The van der Waals surface area contributed by atoms with Crippen LogP contribution in [0.25, 0.3) is 0 Å². The van der Waals surface area contributed by atoms with E-state index in [0.717, 1.165) is 0 Å². The van der Waals surface area contributed by atoms with Crippen LogP contribution in [0.2, 0.25) is 0 Å². The maximum atomic E-state index is 9.31. The lowest BCUT2D eigenvalue weighted by atomic mass is 10.0. The molecule has 54 valence electrons. The van der Waals surface area contributed by atoms with Crippen molar-refractivity contribution in [1.29, 1.82) is 0 Å². The molecular formula is C7H14O2. The molecule has 1 N–H and O–H groups in total. The SMILES string of the molecule is C[C@H]1[C@@H](O)[C@H](C)O[C@@H]1C. The highest BCUT2D eigenvalue weighted by atomic mass is 16.5. The molecule has 0 bridgehead atoms. The van der Waals surface area contributed by atoms with Gasteiger partial charge in [-0.2, -0.15) is 0 Å². The lowest BCUT2D eigenvalue weighted by Gasteiger charge is -2.09. The summed E-state index contributed by atoms with van der Waals surface area (Å²) < 4.78 is 5.34. The second-order valence-electron chi connectivity index (χ2n) is 2.90. The van der Waals surface area contributed by atoms with Gasteiger partial charge in [-0.15, -0.1) is 0 Å². The number of rotatable bonds is 0. The first-order chi connectivity index (χ1) is 4.13. The van der Waals surface area contributed by atoms with Crippen LogP contribution in [-0.2, 0) is 4.74 Å². The minimum absolute atomic E-state index is 0.0231.